The highest BCUT2D eigenvalue weighted by atomic mass is 28.4. The van der Waals surface area contributed by atoms with E-state index in [9.17, 15) is 0 Å². The lowest BCUT2D eigenvalue weighted by molar-refractivity contribution is 0.323. The van der Waals surface area contributed by atoms with E-state index in [1.807, 2.05) is 0 Å². The Bertz CT molecular complexity index is 839. The Morgan fingerprint density at radius 2 is 1.12 bits per heavy atom. The van der Waals surface area contributed by atoms with Gasteiger partial charge < -0.3 is 4.43 Å². The van der Waals surface area contributed by atoms with Crippen LogP contribution in [-0.2, 0) is 10.8 Å². The van der Waals surface area contributed by atoms with Crippen LogP contribution in [0.25, 0.3) is 0 Å². The van der Waals surface area contributed by atoms with Crippen LogP contribution in [0.2, 0.25) is 6.55 Å². The van der Waals surface area contributed by atoms with Crippen LogP contribution in [0, 0.1) is 20.8 Å². The van der Waals surface area contributed by atoms with Crippen LogP contribution in [0.15, 0.2) is 72.8 Å². The van der Waals surface area contributed by atoms with Gasteiger partial charge in [0.2, 0.25) is 0 Å². The second kappa shape index (κ2) is 8.03. The van der Waals surface area contributed by atoms with Gasteiger partial charge in [-0.2, -0.15) is 0 Å². The molecule has 2 heteroatoms. The Hall–Kier alpha value is -2.16. The highest BCUT2D eigenvalue weighted by molar-refractivity contribution is 6.97. The van der Waals surface area contributed by atoms with E-state index < -0.39 is 8.32 Å². The second-order valence-corrected chi connectivity index (χ2v) is 10.6. The molecule has 0 heterocycles. The first-order chi connectivity index (χ1) is 12.5. The first-order valence-electron chi connectivity index (χ1n) is 9.33. The van der Waals surface area contributed by atoms with Gasteiger partial charge >= 0.3 is 0 Å². The molecule has 0 saturated carbocycles. The SMILES string of the molecule is Cc1ccccc1CCO[Si](C)(c1ccccc1C)c1ccccc1C. The Labute approximate surface area is 158 Å². The molecule has 0 aliphatic rings. The van der Waals surface area contributed by atoms with Crippen molar-refractivity contribution in [1.82, 2.24) is 0 Å². The predicted molar refractivity (Wildman–Crippen MR) is 114 cm³/mol. The van der Waals surface area contributed by atoms with E-state index in [0.29, 0.717) is 0 Å². The van der Waals surface area contributed by atoms with Gasteiger partial charge in [0, 0.05) is 6.61 Å². The fraction of sp³-hybridized carbons (Fsp3) is 0.250. The molecule has 26 heavy (non-hydrogen) atoms. The second-order valence-electron chi connectivity index (χ2n) is 7.19. The smallest absolute Gasteiger partial charge is 0.253 e. The van der Waals surface area contributed by atoms with Crippen LogP contribution in [-0.4, -0.2) is 14.9 Å². The molecule has 3 rings (SSSR count). The molecule has 0 saturated heterocycles. The normalized spacial score (nSPS) is 11.5. The Kier molecular flexibility index (Phi) is 5.75. The molecule has 3 aromatic carbocycles. The zero-order valence-electron chi connectivity index (χ0n) is 16.3. The molecule has 0 radical (unpaired) electrons. The van der Waals surface area contributed by atoms with Gasteiger partial charge in [-0.1, -0.05) is 72.8 Å². The van der Waals surface area contributed by atoms with Crippen LogP contribution in [0.3, 0.4) is 0 Å². The Balaban J connectivity index is 1.93. The van der Waals surface area contributed by atoms with Gasteiger partial charge in [-0.25, -0.2) is 0 Å². The molecule has 0 aromatic heterocycles. The molecule has 0 aliphatic heterocycles. The van der Waals surface area contributed by atoms with Crippen molar-refractivity contribution in [3.63, 3.8) is 0 Å². The molecule has 0 unspecified atom stereocenters. The van der Waals surface area contributed by atoms with Gasteiger partial charge in [0.05, 0.1) is 0 Å². The van der Waals surface area contributed by atoms with E-state index in [1.54, 1.807) is 0 Å². The van der Waals surface area contributed by atoms with Crippen molar-refractivity contribution < 1.29 is 4.43 Å². The minimum absolute atomic E-state index is 0.746. The molecule has 0 bridgehead atoms. The largest absolute Gasteiger partial charge is 0.408 e. The van der Waals surface area contributed by atoms with Crippen LogP contribution < -0.4 is 10.4 Å². The molecule has 0 aliphatic carbocycles. The highest BCUT2D eigenvalue weighted by Crippen LogP contribution is 2.15. The first kappa shape index (κ1) is 18.6. The fourth-order valence-electron chi connectivity index (χ4n) is 3.77. The maximum absolute atomic E-state index is 6.76. The van der Waals surface area contributed by atoms with E-state index in [-0.39, 0.29) is 0 Å². The maximum atomic E-state index is 6.76. The van der Waals surface area contributed by atoms with Crippen molar-refractivity contribution in [2.45, 2.75) is 33.7 Å². The zero-order chi connectivity index (χ0) is 18.6. The van der Waals surface area contributed by atoms with Crippen molar-refractivity contribution in [1.29, 1.82) is 0 Å². The molecule has 1 nitrogen and oxygen atoms in total. The van der Waals surface area contributed by atoms with Gasteiger partial charge in [0.15, 0.2) is 0 Å². The molecule has 0 N–H and O–H groups in total. The highest BCUT2D eigenvalue weighted by Gasteiger charge is 2.36. The van der Waals surface area contributed by atoms with E-state index in [4.69, 9.17) is 4.43 Å². The van der Waals surface area contributed by atoms with Crippen molar-refractivity contribution in [2.24, 2.45) is 0 Å². The summed E-state index contributed by atoms with van der Waals surface area (Å²) in [4.78, 5) is 0. The molecule has 0 fully saturated rings. The molecular weight excluding hydrogens is 332 g/mol. The third kappa shape index (κ3) is 3.82. The number of hydrogen-bond donors (Lipinski definition) is 0. The average molecular weight is 361 g/mol. The molecule has 0 amide bonds. The van der Waals surface area contributed by atoms with Crippen molar-refractivity contribution >= 4 is 18.7 Å². The summed E-state index contributed by atoms with van der Waals surface area (Å²) in [6.07, 6.45) is 0.951. The third-order valence-electron chi connectivity index (χ3n) is 5.34. The van der Waals surface area contributed by atoms with Gasteiger partial charge in [0.1, 0.15) is 0 Å². The minimum atomic E-state index is -2.26. The predicted octanol–water partition coefficient (Wildman–Crippen LogP) is 4.56. The van der Waals surface area contributed by atoms with E-state index in [0.717, 1.165) is 13.0 Å². The summed E-state index contributed by atoms with van der Waals surface area (Å²) in [7, 11) is -2.26. The van der Waals surface area contributed by atoms with Crippen molar-refractivity contribution in [3.05, 3.63) is 95.1 Å². The number of rotatable bonds is 6. The summed E-state index contributed by atoms with van der Waals surface area (Å²) in [5, 5.41) is 2.75. The lowest BCUT2D eigenvalue weighted by Crippen LogP contribution is -2.60. The summed E-state index contributed by atoms with van der Waals surface area (Å²) >= 11 is 0. The van der Waals surface area contributed by atoms with Crippen LogP contribution >= 0.6 is 0 Å². The van der Waals surface area contributed by atoms with Crippen LogP contribution in [0.1, 0.15) is 22.3 Å². The lowest BCUT2D eigenvalue weighted by atomic mass is 10.1. The topological polar surface area (TPSA) is 9.23 Å². The van der Waals surface area contributed by atoms with E-state index >= 15 is 0 Å². The monoisotopic (exact) mass is 360 g/mol. The Morgan fingerprint density at radius 1 is 0.654 bits per heavy atom. The van der Waals surface area contributed by atoms with E-state index in [1.165, 1.54) is 32.6 Å². The molecular formula is C24H28OSi. The quantitative estimate of drug-likeness (QED) is 0.586. The van der Waals surface area contributed by atoms with Gasteiger partial charge in [-0.3, -0.25) is 0 Å². The summed E-state index contributed by atoms with van der Waals surface area (Å²) in [6, 6.07) is 26.0. The van der Waals surface area contributed by atoms with Crippen LogP contribution in [0.5, 0.6) is 0 Å². The zero-order valence-corrected chi connectivity index (χ0v) is 17.3. The molecule has 3 aromatic rings. The molecule has 0 atom stereocenters. The van der Waals surface area contributed by atoms with Crippen LogP contribution in [0.4, 0.5) is 0 Å². The minimum Gasteiger partial charge on any atom is -0.408 e. The lowest BCUT2D eigenvalue weighted by Gasteiger charge is -2.31. The number of hydrogen-bond acceptors (Lipinski definition) is 1. The molecule has 134 valence electrons. The standard InChI is InChI=1S/C24H28OSi/c1-19-11-5-8-14-22(19)17-18-25-26(4,23-15-9-6-12-20(23)2)24-16-10-7-13-21(24)3/h5-16H,17-18H2,1-4H3. The fourth-order valence-corrected chi connectivity index (χ4v) is 7.38. The van der Waals surface area contributed by atoms with E-state index in [2.05, 4.69) is 100 Å². The van der Waals surface area contributed by atoms with Crippen molar-refractivity contribution in [2.75, 3.05) is 6.61 Å². The molecule has 0 spiro atoms. The Morgan fingerprint density at radius 3 is 1.62 bits per heavy atom. The maximum Gasteiger partial charge on any atom is 0.253 e. The summed E-state index contributed by atoms with van der Waals surface area (Å²) in [5.74, 6) is 0. The van der Waals surface area contributed by atoms with Gasteiger partial charge in [-0.05, 0) is 66.4 Å². The first-order valence-corrected chi connectivity index (χ1v) is 11.7. The van der Waals surface area contributed by atoms with Gasteiger partial charge in [0.25, 0.3) is 8.32 Å². The average Bonchev–Trinajstić information content (AvgIpc) is 2.64. The van der Waals surface area contributed by atoms with Crippen molar-refractivity contribution in [3.8, 4) is 0 Å². The number of benzene rings is 3. The number of aryl methyl sites for hydroxylation is 3. The summed E-state index contributed by atoms with van der Waals surface area (Å²) in [5.41, 5.74) is 5.35. The third-order valence-corrected chi connectivity index (χ3v) is 9.30. The summed E-state index contributed by atoms with van der Waals surface area (Å²) < 4.78 is 6.76. The summed E-state index contributed by atoms with van der Waals surface area (Å²) in [6.45, 7) is 9.66. The van der Waals surface area contributed by atoms with Gasteiger partial charge in [-0.15, -0.1) is 0 Å².